The maximum absolute atomic E-state index is 10.00. The van der Waals surface area contributed by atoms with Crippen LogP contribution in [0, 0.1) is 0 Å². The Kier molecular flexibility index (Phi) is 5.26. The Labute approximate surface area is 86.7 Å². The van der Waals surface area contributed by atoms with Crippen molar-refractivity contribution in [3.05, 3.63) is 0 Å². The van der Waals surface area contributed by atoms with Crippen molar-refractivity contribution < 1.29 is 51.4 Å². The molecule has 4 atom stereocenters. The van der Waals surface area contributed by atoms with Gasteiger partial charge in [0.2, 0.25) is 0 Å². The Morgan fingerprint density at radius 1 is 1.38 bits per heavy atom. The zero-order valence-electron chi connectivity index (χ0n) is 6.46. The number of aliphatic hydroxyl groups excluding tert-OH is 4. The van der Waals surface area contributed by atoms with E-state index in [0.29, 0.717) is 0 Å². The fourth-order valence-corrected chi connectivity index (χ4v) is 0.979. The quantitative estimate of drug-likeness (QED) is 0.251. The second-order valence-corrected chi connectivity index (χ2v) is 4.35. The van der Waals surface area contributed by atoms with Crippen LogP contribution in [0.5, 0.6) is 0 Å². The molecule has 0 aliphatic rings. The number of aldehydes is 1. The van der Waals surface area contributed by atoms with Crippen molar-refractivity contribution >= 4 is 6.29 Å². The van der Waals surface area contributed by atoms with Crippen LogP contribution in [0.15, 0.2) is 0 Å². The molecule has 0 heterocycles. The predicted octanol–water partition coefficient (Wildman–Crippen LogP) is -3.50. The monoisotopic (exact) mass is 376 g/mol. The average Bonchev–Trinajstić information content (AvgIpc) is 2.14. The minimum absolute atomic E-state index is 0.0229. The molecule has 6 nitrogen and oxygen atoms in total. The summed E-state index contributed by atoms with van der Waals surface area (Å²) in [6.45, 7) is -0.820. The van der Waals surface area contributed by atoms with Gasteiger partial charge in [-0.05, 0) is 0 Å². The molecule has 0 aromatic carbocycles. The van der Waals surface area contributed by atoms with Crippen LogP contribution in [0.2, 0.25) is 0 Å². The normalized spacial score (nSPS) is 23.0. The molecule has 0 saturated heterocycles. The van der Waals surface area contributed by atoms with E-state index in [4.69, 9.17) is 20.4 Å². The van der Waals surface area contributed by atoms with Crippen LogP contribution in [0.4, 0.5) is 0 Å². The first-order valence-corrected chi connectivity index (χ1v) is 4.43. The van der Waals surface area contributed by atoms with E-state index in [0.717, 1.165) is 0 Å². The van der Waals surface area contributed by atoms with Gasteiger partial charge in [0.1, 0.15) is 0 Å². The second kappa shape index (κ2) is 5.18. The zero-order valence-corrected chi connectivity index (χ0v) is 8.63. The van der Waals surface area contributed by atoms with E-state index in [1.165, 1.54) is 21.1 Å². The van der Waals surface area contributed by atoms with Crippen LogP contribution in [-0.2, 0) is 25.9 Å². The van der Waals surface area contributed by atoms with Crippen molar-refractivity contribution in [2.45, 2.75) is 22.1 Å². The molecule has 5 N–H and O–H groups in total. The van der Waals surface area contributed by atoms with Crippen LogP contribution in [0.3, 0.4) is 0 Å². The second-order valence-electron chi connectivity index (χ2n) is 2.47. The van der Waals surface area contributed by atoms with Gasteiger partial charge in [0, 0.05) is 0 Å². The SMILES string of the molecule is O=C[C@H](O)[C@@H](O)[C@H](O)[C@@](O)([Au])CO. The maximum atomic E-state index is 10.00. The van der Waals surface area contributed by atoms with Gasteiger partial charge in [0.05, 0.1) is 0 Å². The molecule has 0 spiro atoms. The number of carbonyl (C=O) groups excluding carboxylic acids is 1. The predicted molar refractivity (Wildman–Crippen MR) is 36.1 cm³/mol. The van der Waals surface area contributed by atoms with Crippen LogP contribution in [-0.4, -0.2) is 60.6 Å². The fraction of sp³-hybridized carbons (Fsp3) is 0.833. The van der Waals surface area contributed by atoms with Gasteiger partial charge < -0.3 is 0 Å². The molecule has 82 valence electrons. The number of hydrogen-bond donors (Lipinski definition) is 5. The summed E-state index contributed by atoms with van der Waals surface area (Å²) in [5, 5.41) is 44.7. The van der Waals surface area contributed by atoms with E-state index in [1.807, 2.05) is 0 Å². The van der Waals surface area contributed by atoms with Gasteiger partial charge >= 0.3 is 86.4 Å². The molecule has 0 fully saturated rings. The van der Waals surface area contributed by atoms with Crippen molar-refractivity contribution in [3.8, 4) is 0 Å². The number of hydrogen-bond acceptors (Lipinski definition) is 6. The van der Waals surface area contributed by atoms with Crippen LogP contribution in [0.1, 0.15) is 0 Å². The van der Waals surface area contributed by atoms with E-state index in [2.05, 4.69) is 0 Å². The summed E-state index contributed by atoms with van der Waals surface area (Å²) in [6, 6.07) is 0. The fourth-order valence-electron chi connectivity index (χ4n) is 0.609. The van der Waals surface area contributed by atoms with Gasteiger partial charge in [-0.25, -0.2) is 0 Å². The zero-order chi connectivity index (χ0) is 10.6. The third-order valence-corrected chi connectivity index (χ3v) is 2.44. The molecule has 0 aliphatic carbocycles. The summed E-state index contributed by atoms with van der Waals surface area (Å²) < 4.78 is -2.01. The molecule has 0 aromatic rings. The molecule has 7 heteroatoms. The molecular formula is C6H11AuO6. The first-order valence-electron chi connectivity index (χ1n) is 3.34. The van der Waals surface area contributed by atoms with E-state index >= 15 is 0 Å². The number of carbonyl (C=O) groups is 1. The first-order chi connectivity index (χ1) is 5.86. The van der Waals surface area contributed by atoms with Crippen LogP contribution in [0.25, 0.3) is 0 Å². The molecule has 0 unspecified atom stereocenters. The van der Waals surface area contributed by atoms with Gasteiger partial charge in [0.25, 0.3) is 0 Å². The van der Waals surface area contributed by atoms with Crippen molar-refractivity contribution in [2.24, 2.45) is 0 Å². The van der Waals surface area contributed by atoms with Crippen molar-refractivity contribution in [2.75, 3.05) is 6.61 Å². The summed E-state index contributed by atoms with van der Waals surface area (Å²) in [6.07, 6.45) is -5.42. The van der Waals surface area contributed by atoms with E-state index in [-0.39, 0.29) is 6.29 Å². The first kappa shape index (κ1) is 13.2. The summed E-state index contributed by atoms with van der Waals surface area (Å²) in [7, 11) is 0. The van der Waals surface area contributed by atoms with Crippen molar-refractivity contribution in [1.82, 2.24) is 0 Å². The van der Waals surface area contributed by atoms with Gasteiger partial charge in [-0.3, -0.25) is 0 Å². The summed E-state index contributed by atoms with van der Waals surface area (Å²) in [5.74, 6) is 0. The third kappa shape index (κ3) is 3.45. The Hall–Kier alpha value is 0.210. The molecular weight excluding hydrogens is 365 g/mol. The van der Waals surface area contributed by atoms with E-state index in [9.17, 15) is 9.90 Å². The molecule has 0 radical (unpaired) electrons. The topological polar surface area (TPSA) is 118 Å². The number of rotatable bonds is 5. The van der Waals surface area contributed by atoms with Gasteiger partial charge in [-0.1, -0.05) is 0 Å². The van der Waals surface area contributed by atoms with Crippen molar-refractivity contribution in [3.63, 3.8) is 0 Å². The molecule has 13 heavy (non-hydrogen) atoms. The van der Waals surface area contributed by atoms with Crippen LogP contribution >= 0.6 is 0 Å². The van der Waals surface area contributed by atoms with E-state index in [1.54, 1.807) is 0 Å². The Bertz CT molecular complexity index is 173. The molecule has 0 amide bonds. The van der Waals surface area contributed by atoms with Gasteiger partial charge in [-0.15, -0.1) is 0 Å². The van der Waals surface area contributed by atoms with Gasteiger partial charge in [-0.2, -0.15) is 0 Å². The summed E-state index contributed by atoms with van der Waals surface area (Å²) in [5.41, 5.74) is 0. The standard InChI is InChI=1S/C6H11O6.Au/c7-1-3(9)5(11)6(12)4(10)2-8;/h1,3,5-6,8-12H,2H2;/t3-,5+,6+;/m0./s1. The van der Waals surface area contributed by atoms with E-state index < -0.39 is 28.7 Å². The Morgan fingerprint density at radius 3 is 2.15 bits per heavy atom. The third-order valence-electron chi connectivity index (χ3n) is 1.45. The molecule has 0 rings (SSSR count). The Morgan fingerprint density at radius 2 is 1.85 bits per heavy atom. The van der Waals surface area contributed by atoms with Gasteiger partial charge in [0.15, 0.2) is 0 Å². The minimum atomic E-state index is -2.01. The summed E-state index contributed by atoms with van der Waals surface area (Å²) in [4.78, 5) is 10.00. The molecule has 0 aromatic heterocycles. The number of aliphatic hydroxyl groups is 5. The Balaban J connectivity index is 4.40. The van der Waals surface area contributed by atoms with Crippen molar-refractivity contribution in [1.29, 1.82) is 0 Å². The molecule has 0 aliphatic heterocycles. The molecule has 0 saturated carbocycles. The summed E-state index contributed by atoms with van der Waals surface area (Å²) >= 11 is 1.50. The average molecular weight is 376 g/mol. The molecule has 0 bridgehead atoms. The van der Waals surface area contributed by atoms with Crippen LogP contribution < -0.4 is 0 Å².